The summed E-state index contributed by atoms with van der Waals surface area (Å²) >= 11 is 0. The first kappa shape index (κ1) is 20.2. The van der Waals surface area contributed by atoms with Crippen molar-refractivity contribution in [2.24, 2.45) is 0 Å². The summed E-state index contributed by atoms with van der Waals surface area (Å²) in [6.45, 7) is 5.48. The Bertz CT molecular complexity index is 846. The van der Waals surface area contributed by atoms with Gasteiger partial charge in [-0.05, 0) is 61.7 Å². The monoisotopic (exact) mass is 368 g/mol. The molecule has 0 atom stereocenters. The molecule has 0 fully saturated rings. The molecule has 0 aliphatic heterocycles. The third kappa shape index (κ3) is 6.93. The Morgan fingerprint density at radius 1 is 0.815 bits per heavy atom. The fourth-order valence-electron chi connectivity index (χ4n) is 2.40. The van der Waals surface area contributed by atoms with E-state index in [1.165, 1.54) is 0 Å². The van der Waals surface area contributed by atoms with Crippen LogP contribution in [0.5, 0.6) is 0 Å². The van der Waals surface area contributed by atoms with E-state index in [0.717, 1.165) is 16.7 Å². The van der Waals surface area contributed by atoms with E-state index in [4.69, 9.17) is 4.74 Å². The Hall–Kier alpha value is -3.15. The van der Waals surface area contributed by atoms with Gasteiger partial charge in [0.15, 0.2) is 6.61 Å². The van der Waals surface area contributed by atoms with E-state index >= 15 is 0 Å². The molecular weight excluding hydrogens is 344 g/mol. The van der Waals surface area contributed by atoms with Gasteiger partial charge in [-0.25, -0.2) is 0 Å². The van der Waals surface area contributed by atoms with Crippen molar-refractivity contribution >= 4 is 29.2 Å². The minimum atomic E-state index is -0.593. The zero-order valence-corrected chi connectivity index (χ0v) is 15.8. The van der Waals surface area contributed by atoms with Gasteiger partial charge in [0.05, 0.1) is 6.42 Å². The highest BCUT2D eigenvalue weighted by molar-refractivity contribution is 5.94. The predicted octanol–water partition coefficient (Wildman–Crippen LogP) is 3.51. The molecule has 0 radical (unpaired) electrons. The maximum atomic E-state index is 11.9. The van der Waals surface area contributed by atoms with Crippen LogP contribution < -0.4 is 10.6 Å². The lowest BCUT2D eigenvalue weighted by Crippen LogP contribution is -2.21. The summed E-state index contributed by atoms with van der Waals surface area (Å²) in [6.07, 6.45) is -0.0971. The third-order valence-corrected chi connectivity index (χ3v) is 4.01. The fraction of sp³-hybridized carbons (Fsp3) is 0.286. The average Bonchev–Trinajstić information content (AvgIpc) is 2.61. The lowest BCUT2D eigenvalue weighted by molar-refractivity contribution is -0.147. The van der Waals surface area contributed by atoms with E-state index in [-0.39, 0.29) is 25.4 Å². The number of esters is 1. The van der Waals surface area contributed by atoms with Gasteiger partial charge >= 0.3 is 5.97 Å². The Labute approximate surface area is 158 Å². The largest absolute Gasteiger partial charge is 0.456 e. The van der Waals surface area contributed by atoms with Crippen molar-refractivity contribution in [2.45, 2.75) is 33.6 Å². The van der Waals surface area contributed by atoms with Gasteiger partial charge in [-0.1, -0.05) is 18.2 Å². The summed E-state index contributed by atoms with van der Waals surface area (Å²) in [6, 6.07) is 12.9. The van der Waals surface area contributed by atoms with Gasteiger partial charge in [0.2, 0.25) is 5.91 Å². The molecule has 2 aromatic rings. The quantitative estimate of drug-likeness (QED) is 0.733. The third-order valence-electron chi connectivity index (χ3n) is 4.01. The van der Waals surface area contributed by atoms with Gasteiger partial charge in [0.1, 0.15) is 0 Å². The molecule has 6 nitrogen and oxygen atoms in total. The van der Waals surface area contributed by atoms with Crippen LogP contribution in [-0.4, -0.2) is 24.4 Å². The maximum absolute atomic E-state index is 11.9. The van der Waals surface area contributed by atoms with Crippen molar-refractivity contribution in [3.8, 4) is 0 Å². The van der Waals surface area contributed by atoms with E-state index in [1.54, 1.807) is 12.1 Å². The summed E-state index contributed by atoms with van der Waals surface area (Å²) in [4.78, 5) is 35.5. The van der Waals surface area contributed by atoms with Crippen LogP contribution in [0.25, 0.3) is 0 Å². The molecule has 142 valence electrons. The highest BCUT2D eigenvalue weighted by Gasteiger charge is 2.11. The van der Waals surface area contributed by atoms with Gasteiger partial charge in [0, 0.05) is 17.8 Å². The van der Waals surface area contributed by atoms with E-state index in [0.29, 0.717) is 11.4 Å². The van der Waals surface area contributed by atoms with E-state index in [1.807, 2.05) is 51.1 Å². The number of hydrogen-bond acceptors (Lipinski definition) is 4. The topological polar surface area (TPSA) is 84.5 Å². The molecule has 2 N–H and O–H groups in total. The van der Waals surface area contributed by atoms with Crippen LogP contribution in [0.3, 0.4) is 0 Å². The lowest BCUT2D eigenvalue weighted by Gasteiger charge is -2.09. The van der Waals surface area contributed by atoms with Crippen LogP contribution in [0.4, 0.5) is 11.4 Å². The number of aryl methyl sites for hydroxylation is 3. The highest BCUT2D eigenvalue weighted by Crippen LogP contribution is 2.14. The van der Waals surface area contributed by atoms with Crippen molar-refractivity contribution in [3.63, 3.8) is 0 Å². The first-order valence-electron chi connectivity index (χ1n) is 8.73. The number of anilines is 2. The van der Waals surface area contributed by atoms with Crippen molar-refractivity contribution in [1.29, 1.82) is 0 Å². The molecule has 2 amide bonds. The molecule has 2 aromatic carbocycles. The van der Waals surface area contributed by atoms with Gasteiger partial charge < -0.3 is 15.4 Å². The van der Waals surface area contributed by atoms with Crippen LogP contribution in [0.1, 0.15) is 29.5 Å². The van der Waals surface area contributed by atoms with Gasteiger partial charge in [-0.15, -0.1) is 0 Å². The van der Waals surface area contributed by atoms with E-state index in [9.17, 15) is 14.4 Å². The minimum absolute atomic E-state index is 0.00838. The molecule has 2 rings (SSSR count). The van der Waals surface area contributed by atoms with Crippen molar-refractivity contribution in [3.05, 3.63) is 59.2 Å². The summed E-state index contributed by atoms with van der Waals surface area (Å²) in [5.41, 5.74) is 4.55. The first-order chi connectivity index (χ1) is 12.8. The molecule has 6 heteroatoms. The lowest BCUT2D eigenvalue weighted by atomic mass is 10.1. The van der Waals surface area contributed by atoms with Crippen LogP contribution in [-0.2, 0) is 19.1 Å². The number of carbonyl (C=O) groups is 3. The molecule has 0 saturated carbocycles. The number of amides is 2. The predicted molar refractivity (Wildman–Crippen MR) is 105 cm³/mol. The fourth-order valence-corrected chi connectivity index (χ4v) is 2.40. The second kappa shape index (κ2) is 9.52. The molecule has 0 spiro atoms. The maximum Gasteiger partial charge on any atom is 0.306 e. The summed E-state index contributed by atoms with van der Waals surface area (Å²) in [5.74, 6) is -1.29. The molecule has 0 aliphatic carbocycles. The number of benzene rings is 2. The van der Waals surface area contributed by atoms with Crippen LogP contribution in [0.2, 0.25) is 0 Å². The zero-order chi connectivity index (χ0) is 19.8. The molecule has 0 saturated heterocycles. The van der Waals surface area contributed by atoms with Gasteiger partial charge in [-0.3, -0.25) is 14.4 Å². The minimum Gasteiger partial charge on any atom is -0.456 e. The smallest absolute Gasteiger partial charge is 0.306 e. The van der Waals surface area contributed by atoms with E-state index < -0.39 is 11.9 Å². The first-order valence-corrected chi connectivity index (χ1v) is 8.73. The number of ether oxygens (including phenoxy) is 1. The molecule has 0 aliphatic rings. The number of nitrogens with one attached hydrogen (secondary N) is 2. The van der Waals surface area contributed by atoms with Crippen LogP contribution in [0, 0.1) is 20.8 Å². The summed E-state index contributed by atoms with van der Waals surface area (Å²) in [7, 11) is 0. The van der Waals surface area contributed by atoms with Gasteiger partial charge in [-0.2, -0.15) is 0 Å². The van der Waals surface area contributed by atoms with Gasteiger partial charge in [0.25, 0.3) is 5.91 Å². The average molecular weight is 368 g/mol. The SMILES string of the molecule is Cc1cccc(NC(=O)CCC(=O)OCC(=O)Nc2ccc(C)c(C)c2)c1. The Morgan fingerprint density at radius 2 is 1.52 bits per heavy atom. The summed E-state index contributed by atoms with van der Waals surface area (Å²) < 4.78 is 4.92. The van der Waals surface area contributed by atoms with Crippen LogP contribution >= 0.6 is 0 Å². The zero-order valence-electron chi connectivity index (χ0n) is 15.8. The number of hydrogen-bond donors (Lipinski definition) is 2. The van der Waals surface area contributed by atoms with E-state index in [2.05, 4.69) is 10.6 Å². The van der Waals surface area contributed by atoms with Crippen LogP contribution in [0.15, 0.2) is 42.5 Å². The molecule has 0 bridgehead atoms. The number of carbonyl (C=O) groups excluding carboxylic acids is 3. The van der Waals surface area contributed by atoms with Crippen molar-refractivity contribution < 1.29 is 19.1 Å². The Morgan fingerprint density at radius 3 is 2.22 bits per heavy atom. The highest BCUT2D eigenvalue weighted by atomic mass is 16.5. The molecule has 0 heterocycles. The molecule has 0 unspecified atom stereocenters. The Balaban J connectivity index is 1.69. The summed E-state index contributed by atoms with van der Waals surface area (Å²) in [5, 5.41) is 5.39. The molecule has 0 aromatic heterocycles. The Kier molecular flexibility index (Phi) is 7.11. The normalized spacial score (nSPS) is 10.2. The number of rotatable bonds is 7. The van der Waals surface area contributed by atoms with Crippen molar-refractivity contribution in [2.75, 3.05) is 17.2 Å². The molecular formula is C21H24N2O4. The van der Waals surface area contributed by atoms with Crippen molar-refractivity contribution in [1.82, 2.24) is 0 Å². The second-order valence-electron chi connectivity index (χ2n) is 6.43. The molecule has 27 heavy (non-hydrogen) atoms. The standard InChI is InChI=1S/C21H24N2O4/c1-14-5-4-6-17(11-14)22-19(24)9-10-21(26)27-13-20(25)23-18-8-7-15(2)16(3)12-18/h4-8,11-12H,9-10,13H2,1-3H3,(H,22,24)(H,23,25). The second-order valence-corrected chi connectivity index (χ2v) is 6.43.